The monoisotopic (exact) mass is 316 g/mol. The van der Waals surface area contributed by atoms with Crippen LogP contribution in [0.15, 0.2) is 24.4 Å². The fraction of sp³-hybridized carbons (Fsp3) is 0.526. The molecule has 0 atom stereocenters. The highest BCUT2D eigenvalue weighted by molar-refractivity contribution is 5.89. The number of benzene rings is 1. The Morgan fingerprint density at radius 3 is 2.70 bits per heavy atom. The van der Waals surface area contributed by atoms with Crippen LogP contribution in [0.5, 0.6) is 0 Å². The Morgan fingerprint density at radius 2 is 2.04 bits per heavy atom. The van der Waals surface area contributed by atoms with Gasteiger partial charge in [0.2, 0.25) is 5.91 Å². The predicted molar refractivity (Wildman–Crippen MR) is 94.5 cm³/mol. The van der Waals surface area contributed by atoms with E-state index in [1.54, 1.807) is 0 Å². The Balaban J connectivity index is 2.01. The van der Waals surface area contributed by atoms with Crippen LogP contribution in [0.25, 0.3) is 10.9 Å². The number of hydrogen-bond acceptors (Lipinski definition) is 2. The van der Waals surface area contributed by atoms with Gasteiger partial charge in [-0.25, -0.2) is 0 Å². The van der Waals surface area contributed by atoms with Gasteiger partial charge in [0.05, 0.1) is 6.42 Å². The van der Waals surface area contributed by atoms with E-state index in [0.29, 0.717) is 13.0 Å². The molecule has 0 bridgehead atoms. The van der Waals surface area contributed by atoms with E-state index in [-0.39, 0.29) is 17.9 Å². The Kier molecular flexibility index (Phi) is 5.83. The van der Waals surface area contributed by atoms with Gasteiger partial charge in [-0.15, -0.1) is 0 Å². The van der Waals surface area contributed by atoms with E-state index < -0.39 is 0 Å². The van der Waals surface area contributed by atoms with Crippen LogP contribution in [0.4, 0.5) is 0 Å². The second kappa shape index (κ2) is 7.64. The minimum absolute atomic E-state index is 0.00172. The summed E-state index contributed by atoms with van der Waals surface area (Å²) in [5, 5.41) is 13.4. The molecule has 0 aliphatic carbocycles. The minimum Gasteiger partial charge on any atom is -0.396 e. The van der Waals surface area contributed by atoms with Gasteiger partial charge in [0, 0.05) is 30.3 Å². The molecule has 1 heterocycles. The van der Waals surface area contributed by atoms with E-state index in [1.165, 1.54) is 5.56 Å². The van der Waals surface area contributed by atoms with Gasteiger partial charge < -0.3 is 15.4 Å². The summed E-state index contributed by atoms with van der Waals surface area (Å²) in [4.78, 5) is 15.6. The molecule has 0 saturated heterocycles. The molecule has 3 N–H and O–H groups in total. The zero-order valence-electron chi connectivity index (χ0n) is 14.4. The number of carbonyl (C=O) groups is 1. The number of amides is 1. The zero-order valence-corrected chi connectivity index (χ0v) is 14.4. The van der Waals surface area contributed by atoms with Crippen molar-refractivity contribution >= 4 is 16.8 Å². The normalized spacial score (nSPS) is 11.8. The SMILES string of the molecule is CCC(CC)(CCO)CNC(=O)Cc1c[nH]c2cc(C)ccc12. The number of aliphatic hydroxyl groups excluding tert-OH is 1. The van der Waals surface area contributed by atoms with E-state index in [2.05, 4.69) is 49.3 Å². The van der Waals surface area contributed by atoms with Crippen LogP contribution in [0.3, 0.4) is 0 Å². The number of nitrogens with one attached hydrogen (secondary N) is 2. The second-order valence-corrected chi connectivity index (χ2v) is 6.50. The number of carbonyl (C=O) groups excluding carboxylic acids is 1. The average Bonchev–Trinajstić information content (AvgIpc) is 2.93. The first-order chi connectivity index (χ1) is 11.0. The van der Waals surface area contributed by atoms with Crippen LogP contribution in [0.1, 0.15) is 44.2 Å². The third-order valence-corrected chi connectivity index (χ3v) is 5.08. The van der Waals surface area contributed by atoms with Crippen LogP contribution >= 0.6 is 0 Å². The van der Waals surface area contributed by atoms with Gasteiger partial charge in [-0.2, -0.15) is 0 Å². The second-order valence-electron chi connectivity index (χ2n) is 6.50. The van der Waals surface area contributed by atoms with E-state index in [9.17, 15) is 9.90 Å². The fourth-order valence-electron chi connectivity index (χ4n) is 3.15. The van der Waals surface area contributed by atoms with Crippen LogP contribution in [-0.2, 0) is 11.2 Å². The van der Waals surface area contributed by atoms with Crippen molar-refractivity contribution in [1.29, 1.82) is 0 Å². The summed E-state index contributed by atoms with van der Waals surface area (Å²) in [5.74, 6) is 0.0377. The minimum atomic E-state index is 0.00172. The topological polar surface area (TPSA) is 65.1 Å². The first-order valence-corrected chi connectivity index (χ1v) is 8.47. The molecule has 0 radical (unpaired) electrons. The Hall–Kier alpha value is -1.81. The van der Waals surface area contributed by atoms with E-state index >= 15 is 0 Å². The summed E-state index contributed by atoms with van der Waals surface area (Å²) in [6, 6.07) is 6.23. The van der Waals surface area contributed by atoms with E-state index in [4.69, 9.17) is 0 Å². The fourth-order valence-corrected chi connectivity index (χ4v) is 3.15. The predicted octanol–water partition coefficient (Wildman–Crippen LogP) is 3.32. The number of aromatic nitrogens is 1. The van der Waals surface area contributed by atoms with Gasteiger partial charge in [-0.05, 0) is 48.8 Å². The third kappa shape index (κ3) is 4.14. The number of hydrogen-bond donors (Lipinski definition) is 3. The maximum atomic E-state index is 12.3. The number of H-pyrrole nitrogens is 1. The molecule has 4 heteroatoms. The molecule has 23 heavy (non-hydrogen) atoms. The van der Waals surface area contributed by atoms with Crippen molar-refractivity contribution in [2.75, 3.05) is 13.2 Å². The molecule has 0 aliphatic rings. The summed E-state index contributed by atoms with van der Waals surface area (Å²) in [7, 11) is 0. The molecule has 0 saturated carbocycles. The van der Waals surface area contributed by atoms with Crippen molar-refractivity contribution in [2.24, 2.45) is 5.41 Å². The van der Waals surface area contributed by atoms with Crippen molar-refractivity contribution in [3.8, 4) is 0 Å². The highest BCUT2D eigenvalue weighted by atomic mass is 16.3. The highest BCUT2D eigenvalue weighted by Crippen LogP contribution is 2.29. The van der Waals surface area contributed by atoms with Crippen LogP contribution in [0.2, 0.25) is 0 Å². The average molecular weight is 316 g/mol. The molecule has 1 aromatic carbocycles. The molecule has 0 fully saturated rings. The highest BCUT2D eigenvalue weighted by Gasteiger charge is 2.26. The van der Waals surface area contributed by atoms with Gasteiger partial charge in [-0.3, -0.25) is 4.79 Å². The maximum absolute atomic E-state index is 12.3. The molecule has 1 aromatic heterocycles. The van der Waals surface area contributed by atoms with Crippen LogP contribution < -0.4 is 5.32 Å². The maximum Gasteiger partial charge on any atom is 0.224 e. The molecular formula is C19H28N2O2. The Bertz CT molecular complexity index is 656. The van der Waals surface area contributed by atoms with Crippen molar-refractivity contribution in [3.63, 3.8) is 0 Å². The number of rotatable bonds is 8. The number of aliphatic hydroxyl groups is 1. The standard InChI is InChI=1S/C19H28N2O2/c1-4-19(5-2,8-9-22)13-21-18(23)11-15-12-20-17-10-14(3)6-7-16(15)17/h6-7,10,12,20,22H,4-5,8-9,11,13H2,1-3H3,(H,21,23). The molecule has 2 aromatic rings. The smallest absolute Gasteiger partial charge is 0.224 e. The third-order valence-electron chi connectivity index (χ3n) is 5.08. The lowest BCUT2D eigenvalue weighted by Gasteiger charge is -2.31. The van der Waals surface area contributed by atoms with Crippen molar-refractivity contribution in [2.45, 2.75) is 46.5 Å². The quantitative estimate of drug-likeness (QED) is 0.699. The molecule has 2 rings (SSSR count). The van der Waals surface area contributed by atoms with Gasteiger partial charge in [0.25, 0.3) is 0 Å². The lowest BCUT2D eigenvalue weighted by Crippen LogP contribution is -2.38. The Morgan fingerprint density at radius 1 is 1.30 bits per heavy atom. The number of aromatic amines is 1. The molecule has 0 aliphatic heterocycles. The summed E-state index contributed by atoms with van der Waals surface area (Å²) in [6.07, 6.45) is 4.94. The van der Waals surface area contributed by atoms with Crippen molar-refractivity contribution in [3.05, 3.63) is 35.5 Å². The van der Waals surface area contributed by atoms with E-state index in [0.717, 1.165) is 35.7 Å². The van der Waals surface area contributed by atoms with Gasteiger partial charge in [-0.1, -0.05) is 26.0 Å². The summed E-state index contributed by atoms with van der Waals surface area (Å²) in [5.41, 5.74) is 3.31. The molecule has 0 unspecified atom stereocenters. The number of fused-ring (bicyclic) bond motifs is 1. The van der Waals surface area contributed by atoms with Crippen molar-refractivity contribution < 1.29 is 9.90 Å². The molecule has 4 nitrogen and oxygen atoms in total. The lowest BCUT2D eigenvalue weighted by molar-refractivity contribution is -0.121. The largest absolute Gasteiger partial charge is 0.396 e. The van der Waals surface area contributed by atoms with Gasteiger partial charge in [0.15, 0.2) is 0 Å². The summed E-state index contributed by atoms with van der Waals surface area (Å²) in [6.45, 7) is 7.09. The summed E-state index contributed by atoms with van der Waals surface area (Å²) < 4.78 is 0. The van der Waals surface area contributed by atoms with E-state index in [1.807, 2.05) is 6.20 Å². The molecule has 1 amide bonds. The number of aryl methyl sites for hydroxylation is 1. The summed E-state index contributed by atoms with van der Waals surface area (Å²) >= 11 is 0. The first-order valence-electron chi connectivity index (χ1n) is 8.47. The zero-order chi connectivity index (χ0) is 16.9. The van der Waals surface area contributed by atoms with Gasteiger partial charge >= 0.3 is 0 Å². The van der Waals surface area contributed by atoms with Crippen molar-refractivity contribution in [1.82, 2.24) is 10.3 Å². The van der Waals surface area contributed by atoms with Crippen LogP contribution in [-0.4, -0.2) is 29.1 Å². The van der Waals surface area contributed by atoms with Gasteiger partial charge in [0.1, 0.15) is 0 Å². The molecule has 126 valence electrons. The Labute approximate surface area is 138 Å². The molecule has 0 spiro atoms. The first kappa shape index (κ1) is 17.5. The molecular weight excluding hydrogens is 288 g/mol. The van der Waals surface area contributed by atoms with Crippen LogP contribution in [0, 0.1) is 12.3 Å². The lowest BCUT2D eigenvalue weighted by atomic mass is 9.79.